The highest BCUT2D eigenvalue weighted by Crippen LogP contribution is 2.29. The van der Waals surface area contributed by atoms with Gasteiger partial charge in [-0.1, -0.05) is 30.3 Å². The summed E-state index contributed by atoms with van der Waals surface area (Å²) in [5.74, 6) is 2.39. The molecule has 2 aromatic heterocycles. The summed E-state index contributed by atoms with van der Waals surface area (Å²) < 4.78 is 11.7. The predicted molar refractivity (Wildman–Crippen MR) is 150 cm³/mol. The number of rotatable bonds is 8. The summed E-state index contributed by atoms with van der Waals surface area (Å²) in [7, 11) is 0. The molecule has 0 amide bonds. The van der Waals surface area contributed by atoms with E-state index in [2.05, 4.69) is 49.0 Å². The van der Waals surface area contributed by atoms with E-state index >= 15 is 0 Å². The number of hydrogen-bond acceptors (Lipinski definition) is 9. The lowest BCUT2D eigenvalue weighted by Gasteiger charge is -2.28. The van der Waals surface area contributed by atoms with Crippen LogP contribution in [0.4, 0.5) is 17.5 Å². The number of para-hydroxylation sites is 1. The molecule has 0 spiro atoms. The number of benzene rings is 2. The average Bonchev–Trinajstić information content (AvgIpc) is 2.99. The lowest BCUT2D eigenvalue weighted by atomic mass is 10.0. The van der Waals surface area contributed by atoms with E-state index in [1.807, 2.05) is 48.8 Å². The highest BCUT2D eigenvalue weighted by atomic mass is 16.5. The monoisotopic (exact) mass is 511 g/mol. The van der Waals surface area contributed by atoms with Gasteiger partial charge in [0.2, 0.25) is 5.95 Å². The lowest BCUT2D eigenvalue weighted by Crippen LogP contribution is -2.43. The first-order valence-corrected chi connectivity index (χ1v) is 13.3. The van der Waals surface area contributed by atoms with E-state index in [1.54, 1.807) is 0 Å². The van der Waals surface area contributed by atoms with Crippen LogP contribution in [0.2, 0.25) is 0 Å². The van der Waals surface area contributed by atoms with Crippen LogP contribution in [0.3, 0.4) is 0 Å². The first kappa shape index (κ1) is 24.5. The second-order valence-corrected chi connectivity index (χ2v) is 9.56. The zero-order chi connectivity index (χ0) is 25.6. The van der Waals surface area contributed by atoms with Gasteiger partial charge >= 0.3 is 0 Å². The fourth-order valence-electron chi connectivity index (χ4n) is 4.86. The van der Waals surface area contributed by atoms with Gasteiger partial charge in [-0.3, -0.25) is 0 Å². The summed E-state index contributed by atoms with van der Waals surface area (Å²) in [6, 6.07) is 18.4. The second kappa shape index (κ2) is 11.7. The minimum Gasteiger partial charge on any atom is -0.493 e. The molecule has 3 N–H and O–H groups in total. The van der Waals surface area contributed by atoms with Gasteiger partial charge < -0.3 is 30.3 Å². The normalized spacial score (nSPS) is 17.9. The van der Waals surface area contributed by atoms with Gasteiger partial charge in [0.05, 0.1) is 36.7 Å². The Bertz CT molecular complexity index is 1340. The third-order valence-corrected chi connectivity index (χ3v) is 6.93. The van der Waals surface area contributed by atoms with Crippen molar-refractivity contribution >= 4 is 28.4 Å². The van der Waals surface area contributed by atoms with Crippen LogP contribution in [0.5, 0.6) is 5.75 Å². The van der Waals surface area contributed by atoms with Crippen molar-refractivity contribution in [1.82, 2.24) is 25.6 Å². The van der Waals surface area contributed by atoms with Crippen LogP contribution < -0.4 is 25.6 Å². The van der Waals surface area contributed by atoms with Gasteiger partial charge in [-0.05, 0) is 29.8 Å². The number of anilines is 3. The molecule has 4 aromatic rings. The summed E-state index contributed by atoms with van der Waals surface area (Å²) in [5.41, 5.74) is 3.88. The maximum Gasteiger partial charge on any atom is 0.227 e. The van der Waals surface area contributed by atoms with Gasteiger partial charge in [0, 0.05) is 62.8 Å². The topological polar surface area (TPSA) is 96.5 Å². The first-order valence-electron chi connectivity index (χ1n) is 13.3. The number of morpholine rings is 1. The minimum atomic E-state index is 0.224. The van der Waals surface area contributed by atoms with E-state index in [4.69, 9.17) is 14.5 Å². The molecule has 0 radical (unpaired) electrons. The molecule has 0 aliphatic carbocycles. The molecule has 0 bridgehead atoms. The van der Waals surface area contributed by atoms with Crippen LogP contribution in [0.15, 0.2) is 67.0 Å². The van der Waals surface area contributed by atoms with Crippen molar-refractivity contribution in [3.05, 3.63) is 67.0 Å². The Kier molecular flexibility index (Phi) is 7.57. The molecule has 2 aromatic carbocycles. The lowest BCUT2D eigenvalue weighted by molar-refractivity contribution is 0.0159. The maximum atomic E-state index is 5.96. The molecule has 9 nitrogen and oxygen atoms in total. The zero-order valence-corrected chi connectivity index (χ0v) is 21.4. The summed E-state index contributed by atoms with van der Waals surface area (Å²) in [4.78, 5) is 16.3. The number of pyridine rings is 1. The Morgan fingerprint density at radius 3 is 2.63 bits per heavy atom. The highest BCUT2D eigenvalue weighted by molar-refractivity contribution is 5.94. The molecular formula is C29H33N7O2. The Labute approximate surface area is 222 Å². The number of nitrogens with one attached hydrogen (secondary N) is 3. The molecule has 2 aliphatic heterocycles. The van der Waals surface area contributed by atoms with Crippen LogP contribution in [0.1, 0.15) is 6.42 Å². The molecule has 0 saturated carbocycles. The molecule has 4 heterocycles. The molecule has 2 saturated heterocycles. The largest absolute Gasteiger partial charge is 0.493 e. The van der Waals surface area contributed by atoms with Gasteiger partial charge in [0.1, 0.15) is 11.6 Å². The molecule has 196 valence electrons. The number of piperazine rings is 1. The van der Waals surface area contributed by atoms with Crippen molar-refractivity contribution in [1.29, 1.82) is 0 Å². The average molecular weight is 512 g/mol. The molecular weight excluding hydrogens is 478 g/mol. The molecule has 1 unspecified atom stereocenters. The van der Waals surface area contributed by atoms with Crippen LogP contribution in [0.25, 0.3) is 22.0 Å². The Morgan fingerprint density at radius 1 is 0.947 bits per heavy atom. The smallest absolute Gasteiger partial charge is 0.227 e. The second-order valence-electron chi connectivity index (χ2n) is 9.56. The molecule has 1 atom stereocenters. The van der Waals surface area contributed by atoms with Gasteiger partial charge in [0.25, 0.3) is 0 Å². The van der Waals surface area contributed by atoms with E-state index < -0.39 is 0 Å². The van der Waals surface area contributed by atoms with E-state index in [9.17, 15) is 0 Å². The SMILES string of the molecule is c1cc(-c2ccc(OCCC3CNCCO3)cc2)c2nc(Nc3ccc(N4CCNCC4)nc3)ncc2c1. The van der Waals surface area contributed by atoms with Crippen LogP contribution in [0, 0.1) is 0 Å². The number of nitrogens with zero attached hydrogens (tertiary/aromatic N) is 4. The Hall–Kier alpha value is -3.79. The fraction of sp³-hybridized carbons (Fsp3) is 0.345. The van der Waals surface area contributed by atoms with E-state index in [0.29, 0.717) is 12.6 Å². The van der Waals surface area contributed by atoms with Crippen molar-refractivity contribution in [3.63, 3.8) is 0 Å². The molecule has 9 heteroatoms. The third kappa shape index (κ3) is 5.85. The van der Waals surface area contributed by atoms with E-state index in [1.165, 1.54) is 0 Å². The van der Waals surface area contributed by atoms with Gasteiger partial charge in [0.15, 0.2) is 0 Å². The van der Waals surface area contributed by atoms with Crippen LogP contribution in [-0.2, 0) is 4.74 Å². The van der Waals surface area contributed by atoms with E-state index in [0.717, 1.165) is 91.6 Å². The van der Waals surface area contributed by atoms with Gasteiger partial charge in [-0.25, -0.2) is 15.0 Å². The highest BCUT2D eigenvalue weighted by Gasteiger charge is 2.14. The number of fused-ring (bicyclic) bond motifs is 1. The fourth-order valence-corrected chi connectivity index (χ4v) is 4.86. The number of ether oxygens (including phenoxy) is 2. The van der Waals surface area contributed by atoms with Crippen molar-refractivity contribution in [3.8, 4) is 16.9 Å². The van der Waals surface area contributed by atoms with Crippen molar-refractivity contribution in [2.75, 3.05) is 62.7 Å². The summed E-state index contributed by atoms with van der Waals surface area (Å²) in [5, 5.41) is 11.0. The van der Waals surface area contributed by atoms with Crippen molar-refractivity contribution in [2.45, 2.75) is 12.5 Å². The van der Waals surface area contributed by atoms with Crippen molar-refractivity contribution < 1.29 is 9.47 Å². The Balaban J connectivity index is 1.14. The third-order valence-electron chi connectivity index (χ3n) is 6.93. The number of aromatic nitrogens is 3. The summed E-state index contributed by atoms with van der Waals surface area (Å²) in [6.45, 7) is 7.12. The molecule has 2 aliphatic rings. The minimum absolute atomic E-state index is 0.224. The quantitative estimate of drug-likeness (QED) is 0.328. The molecule has 6 rings (SSSR count). The van der Waals surface area contributed by atoms with E-state index in [-0.39, 0.29) is 6.10 Å². The molecule has 2 fully saturated rings. The van der Waals surface area contributed by atoms with Crippen molar-refractivity contribution in [2.24, 2.45) is 0 Å². The van der Waals surface area contributed by atoms with Gasteiger partial charge in [-0.2, -0.15) is 0 Å². The van der Waals surface area contributed by atoms with Crippen LogP contribution >= 0.6 is 0 Å². The van der Waals surface area contributed by atoms with Gasteiger partial charge in [-0.15, -0.1) is 0 Å². The Morgan fingerprint density at radius 2 is 1.84 bits per heavy atom. The first-order chi connectivity index (χ1) is 18.8. The summed E-state index contributed by atoms with van der Waals surface area (Å²) in [6.07, 6.45) is 4.80. The van der Waals surface area contributed by atoms with Crippen LogP contribution in [-0.4, -0.2) is 73.5 Å². The maximum absolute atomic E-state index is 5.96. The number of hydrogen-bond donors (Lipinski definition) is 3. The summed E-state index contributed by atoms with van der Waals surface area (Å²) >= 11 is 0. The standard InChI is InChI=1S/C29H33N7O2/c1-2-22-18-33-29(34-23-6-9-27(32-19-23)36-14-11-30-12-15-36)35-28(22)26(3-1)21-4-7-24(8-5-21)37-16-10-25-20-31-13-17-38-25/h1-9,18-19,25,30-31H,10-17,20H2,(H,33,34,35). The molecule has 38 heavy (non-hydrogen) atoms. The predicted octanol–water partition coefficient (Wildman–Crippen LogP) is 3.60. The zero-order valence-electron chi connectivity index (χ0n) is 21.4.